The highest BCUT2D eigenvalue weighted by Crippen LogP contribution is 2.17. The van der Waals surface area contributed by atoms with Gasteiger partial charge >= 0.3 is 0 Å². The van der Waals surface area contributed by atoms with Crippen molar-refractivity contribution in [2.75, 3.05) is 13.2 Å². The van der Waals surface area contributed by atoms with Crippen molar-refractivity contribution in [3.63, 3.8) is 0 Å². The number of aromatic nitrogens is 1. The first-order chi connectivity index (χ1) is 9.31. The fraction of sp³-hybridized carbons (Fsp3) is 0.200. The highest BCUT2D eigenvalue weighted by atomic mass is 16.6. The van der Waals surface area contributed by atoms with Gasteiger partial charge in [0.05, 0.1) is 12.3 Å². The zero-order chi connectivity index (χ0) is 13.5. The first kappa shape index (κ1) is 13.2. The Kier molecular flexibility index (Phi) is 4.64. The predicted molar refractivity (Wildman–Crippen MR) is 74.9 cm³/mol. The molecule has 0 aliphatic heterocycles. The fourth-order valence-corrected chi connectivity index (χ4v) is 1.64. The maximum Gasteiger partial charge on any atom is 0.140 e. The van der Waals surface area contributed by atoms with Gasteiger partial charge in [-0.2, -0.15) is 0 Å². The molecule has 0 aliphatic rings. The van der Waals surface area contributed by atoms with Crippen LogP contribution in [0.2, 0.25) is 0 Å². The number of aliphatic hydroxyl groups excluding tert-OH is 1. The summed E-state index contributed by atoms with van der Waals surface area (Å²) < 4.78 is 0. The number of rotatable bonds is 5. The highest BCUT2D eigenvalue weighted by Gasteiger charge is 2.02. The second kappa shape index (κ2) is 6.66. The second-order valence-electron chi connectivity index (χ2n) is 4.03. The molecule has 0 unspecified atom stereocenters. The van der Waals surface area contributed by atoms with E-state index in [2.05, 4.69) is 10.1 Å². The van der Waals surface area contributed by atoms with E-state index >= 15 is 0 Å². The lowest BCUT2D eigenvalue weighted by Crippen LogP contribution is -2.01. The third-order valence-corrected chi connectivity index (χ3v) is 2.63. The van der Waals surface area contributed by atoms with E-state index in [1.807, 2.05) is 55.6 Å². The normalized spacial score (nSPS) is 11.4. The van der Waals surface area contributed by atoms with Gasteiger partial charge in [0.15, 0.2) is 0 Å². The lowest BCUT2D eigenvalue weighted by Gasteiger charge is -2.03. The monoisotopic (exact) mass is 256 g/mol. The van der Waals surface area contributed by atoms with Gasteiger partial charge in [-0.25, -0.2) is 0 Å². The minimum Gasteiger partial charge on any atom is -0.393 e. The molecule has 0 amide bonds. The van der Waals surface area contributed by atoms with Crippen LogP contribution in [0.25, 0.3) is 11.1 Å². The number of nitrogens with zero attached hydrogens (tertiary/aromatic N) is 2. The summed E-state index contributed by atoms with van der Waals surface area (Å²) in [6.45, 7) is 1.97. The number of hydrogen-bond acceptors (Lipinski definition) is 4. The quantitative estimate of drug-likeness (QED) is 0.508. The Hall–Kier alpha value is -2.20. The highest BCUT2D eigenvalue weighted by molar-refractivity contribution is 5.96. The first-order valence-electron chi connectivity index (χ1n) is 6.10. The SMILES string of the molecule is C/C(=N/OCCO)c1ccc(-c2ccccc2)cn1. The summed E-state index contributed by atoms with van der Waals surface area (Å²) in [4.78, 5) is 9.27. The van der Waals surface area contributed by atoms with E-state index in [0.29, 0.717) is 5.71 Å². The molecule has 0 saturated carbocycles. The summed E-state index contributed by atoms with van der Waals surface area (Å²) in [7, 11) is 0. The zero-order valence-electron chi connectivity index (χ0n) is 10.8. The molecule has 19 heavy (non-hydrogen) atoms. The molecule has 2 rings (SSSR count). The lowest BCUT2D eigenvalue weighted by atomic mass is 10.1. The summed E-state index contributed by atoms with van der Waals surface area (Å²) in [6, 6.07) is 14.0. The van der Waals surface area contributed by atoms with Crippen LogP contribution in [0.5, 0.6) is 0 Å². The van der Waals surface area contributed by atoms with Gasteiger partial charge in [0.2, 0.25) is 0 Å². The van der Waals surface area contributed by atoms with Crippen LogP contribution in [0.15, 0.2) is 53.8 Å². The fourth-order valence-electron chi connectivity index (χ4n) is 1.64. The van der Waals surface area contributed by atoms with Crippen LogP contribution >= 0.6 is 0 Å². The summed E-state index contributed by atoms with van der Waals surface area (Å²) >= 11 is 0. The summed E-state index contributed by atoms with van der Waals surface area (Å²) in [5.41, 5.74) is 3.65. The molecule has 1 N–H and O–H groups in total. The Labute approximate surface area is 112 Å². The third-order valence-electron chi connectivity index (χ3n) is 2.63. The number of aliphatic hydroxyl groups is 1. The Morgan fingerprint density at radius 2 is 1.95 bits per heavy atom. The molecule has 1 heterocycles. The number of pyridine rings is 1. The van der Waals surface area contributed by atoms with Crippen molar-refractivity contribution in [2.24, 2.45) is 5.16 Å². The van der Waals surface area contributed by atoms with Crippen LogP contribution in [0, 0.1) is 0 Å². The average molecular weight is 256 g/mol. The van der Waals surface area contributed by atoms with Gasteiger partial charge < -0.3 is 9.94 Å². The topological polar surface area (TPSA) is 54.7 Å². The summed E-state index contributed by atoms with van der Waals surface area (Å²) in [5.74, 6) is 0. The zero-order valence-corrected chi connectivity index (χ0v) is 10.8. The van der Waals surface area contributed by atoms with Crippen LogP contribution in [0.4, 0.5) is 0 Å². The summed E-state index contributed by atoms with van der Waals surface area (Å²) in [6.07, 6.45) is 1.82. The molecule has 1 aromatic carbocycles. The van der Waals surface area contributed by atoms with E-state index < -0.39 is 0 Å². The molecule has 0 aliphatic carbocycles. The minimum absolute atomic E-state index is 0.0445. The van der Waals surface area contributed by atoms with Crippen molar-refractivity contribution < 1.29 is 9.94 Å². The second-order valence-corrected chi connectivity index (χ2v) is 4.03. The number of hydrogen-bond donors (Lipinski definition) is 1. The van der Waals surface area contributed by atoms with Crippen molar-refractivity contribution in [3.8, 4) is 11.1 Å². The molecule has 4 heteroatoms. The Morgan fingerprint density at radius 1 is 1.16 bits per heavy atom. The van der Waals surface area contributed by atoms with Gasteiger partial charge in [-0.3, -0.25) is 4.98 Å². The molecule has 0 fully saturated rings. The van der Waals surface area contributed by atoms with E-state index in [1.54, 1.807) is 0 Å². The van der Waals surface area contributed by atoms with Gasteiger partial charge in [0, 0.05) is 11.8 Å². The molecule has 0 saturated heterocycles. The maximum absolute atomic E-state index is 8.60. The Balaban J connectivity index is 2.12. The smallest absolute Gasteiger partial charge is 0.140 e. The van der Waals surface area contributed by atoms with Crippen molar-refractivity contribution in [3.05, 3.63) is 54.4 Å². The van der Waals surface area contributed by atoms with Crippen LogP contribution in [0.3, 0.4) is 0 Å². The third kappa shape index (κ3) is 3.63. The average Bonchev–Trinajstić information content (AvgIpc) is 2.48. The first-order valence-corrected chi connectivity index (χ1v) is 6.10. The van der Waals surface area contributed by atoms with Gasteiger partial charge in [0.25, 0.3) is 0 Å². The van der Waals surface area contributed by atoms with Crippen LogP contribution in [-0.2, 0) is 4.84 Å². The van der Waals surface area contributed by atoms with Crippen molar-refractivity contribution in [1.82, 2.24) is 4.98 Å². The van der Waals surface area contributed by atoms with Crippen molar-refractivity contribution in [2.45, 2.75) is 6.92 Å². The minimum atomic E-state index is -0.0445. The van der Waals surface area contributed by atoms with Crippen LogP contribution in [0.1, 0.15) is 12.6 Å². The van der Waals surface area contributed by atoms with Crippen molar-refractivity contribution >= 4 is 5.71 Å². The van der Waals surface area contributed by atoms with E-state index in [4.69, 9.17) is 9.94 Å². The standard InChI is InChI=1S/C15H16N2O2/c1-12(17-19-10-9-18)15-8-7-14(11-16-15)13-5-3-2-4-6-13/h2-8,11,18H,9-10H2,1H3/b17-12-. The number of benzene rings is 1. The molecule has 1 aromatic heterocycles. The Bertz CT molecular complexity index is 536. The molecule has 98 valence electrons. The maximum atomic E-state index is 8.60. The van der Waals surface area contributed by atoms with Gasteiger partial charge in [-0.1, -0.05) is 41.6 Å². The van der Waals surface area contributed by atoms with Gasteiger partial charge in [0.1, 0.15) is 12.3 Å². The molecule has 0 radical (unpaired) electrons. The van der Waals surface area contributed by atoms with Gasteiger partial charge in [-0.05, 0) is 18.6 Å². The molecule has 0 spiro atoms. The molecule has 2 aromatic rings. The molecule has 0 atom stereocenters. The largest absolute Gasteiger partial charge is 0.393 e. The van der Waals surface area contributed by atoms with Crippen LogP contribution < -0.4 is 0 Å². The van der Waals surface area contributed by atoms with E-state index in [-0.39, 0.29) is 13.2 Å². The summed E-state index contributed by atoms with van der Waals surface area (Å²) in [5, 5.41) is 12.5. The van der Waals surface area contributed by atoms with E-state index in [0.717, 1.165) is 16.8 Å². The lowest BCUT2D eigenvalue weighted by molar-refractivity contribution is 0.0986. The predicted octanol–water partition coefficient (Wildman–Crippen LogP) is 2.48. The van der Waals surface area contributed by atoms with E-state index in [1.165, 1.54) is 0 Å². The van der Waals surface area contributed by atoms with Crippen molar-refractivity contribution in [1.29, 1.82) is 0 Å². The van der Waals surface area contributed by atoms with Crippen LogP contribution in [-0.4, -0.2) is 29.0 Å². The Morgan fingerprint density at radius 3 is 2.58 bits per heavy atom. The van der Waals surface area contributed by atoms with E-state index in [9.17, 15) is 0 Å². The number of oxime groups is 1. The molecule has 0 bridgehead atoms. The van der Waals surface area contributed by atoms with Gasteiger partial charge in [-0.15, -0.1) is 0 Å². The molecular formula is C15H16N2O2. The molecular weight excluding hydrogens is 240 g/mol. The molecule has 4 nitrogen and oxygen atoms in total.